The van der Waals surface area contributed by atoms with Crippen LogP contribution in [0.4, 0.5) is 4.79 Å². The molecule has 0 saturated carbocycles. The number of hydrogen-bond donors (Lipinski definition) is 2. The van der Waals surface area contributed by atoms with E-state index in [0.29, 0.717) is 12.7 Å². The molecule has 2 N–H and O–H groups in total. The number of ketones is 1. The van der Waals surface area contributed by atoms with E-state index in [1.165, 1.54) is 11.9 Å². The van der Waals surface area contributed by atoms with Crippen molar-refractivity contribution in [2.75, 3.05) is 13.1 Å². The zero-order chi connectivity index (χ0) is 24.0. The molecule has 1 aromatic carbocycles. The van der Waals surface area contributed by atoms with E-state index in [1.807, 2.05) is 6.07 Å². The number of carbonyl (C=O) groups excluding carboxylic acids is 6. The monoisotopic (exact) mass is 457 g/mol. The van der Waals surface area contributed by atoms with Crippen LogP contribution in [0.3, 0.4) is 0 Å². The highest BCUT2D eigenvalue weighted by molar-refractivity contribution is 5.93. The number of hydrogen-bond acceptors (Lipinski definition) is 6. The minimum absolute atomic E-state index is 0.0243. The maximum absolute atomic E-state index is 13.3. The number of urea groups is 1. The Morgan fingerprint density at radius 2 is 1.88 bits per heavy atom. The zero-order valence-electron chi connectivity index (χ0n) is 18.4. The fourth-order valence-corrected chi connectivity index (χ4v) is 3.91. The van der Waals surface area contributed by atoms with Gasteiger partial charge in [0, 0.05) is 19.4 Å². The predicted molar refractivity (Wildman–Crippen MR) is 115 cm³/mol. The number of aldehydes is 1. The van der Waals surface area contributed by atoms with Gasteiger partial charge in [-0.3, -0.25) is 24.6 Å². The summed E-state index contributed by atoms with van der Waals surface area (Å²) in [4.78, 5) is 74.0. The Morgan fingerprint density at radius 1 is 1.15 bits per heavy atom. The van der Waals surface area contributed by atoms with Gasteiger partial charge in [-0.05, 0) is 25.3 Å². The highest BCUT2D eigenvalue weighted by atomic mass is 16.2. The number of benzene rings is 1. The Morgan fingerprint density at radius 3 is 2.55 bits per heavy atom. The van der Waals surface area contributed by atoms with Crippen LogP contribution in [-0.2, 0) is 30.4 Å². The van der Waals surface area contributed by atoms with E-state index in [9.17, 15) is 28.8 Å². The minimum atomic E-state index is -1.06. The van der Waals surface area contributed by atoms with Gasteiger partial charge >= 0.3 is 6.03 Å². The number of hydrazine groups is 2. The second kappa shape index (κ2) is 10.7. The van der Waals surface area contributed by atoms with Crippen molar-refractivity contribution in [3.05, 3.63) is 35.9 Å². The van der Waals surface area contributed by atoms with Crippen LogP contribution >= 0.6 is 0 Å². The first-order valence-corrected chi connectivity index (χ1v) is 10.8. The van der Waals surface area contributed by atoms with E-state index in [0.717, 1.165) is 15.6 Å². The SMILES string of the molecule is CC(=O)CC(C=O)NC(=O)C1CCCN2C(=O)CCN(NC(=O)Cc3ccccc3)C(=O)N12. The van der Waals surface area contributed by atoms with E-state index >= 15 is 0 Å². The summed E-state index contributed by atoms with van der Waals surface area (Å²) in [6, 6.07) is 6.19. The largest absolute Gasteiger partial charge is 0.358 e. The van der Waals surface area contributed by atoms with Gasteiger partial charge in [0.15, 0.2) is 0 Å². The molecule has 2 atom stereocenters. The summed E-state index contributed by atoms with van der Waals surface area (Å²) >= 11 is 0. The summed E-state index contributed by atoms with van der Waals surface area (Å²) in [5.74, 6) is -1.70. The van der Waals surface area contributed by atoms with Crippen molar-refractivity contribution in [1.82, 2.24) is 25.8 Å². The molecular weight excluding hydrogens is 430 g/mol. The summed E-state index contributed by atoms with van der Waals surface area (Å²) < 4.78 is 0. The number of nitrogens with zero attached hydrogens (tertiary/aromatic N) is 3. The lowest BCUT2D eigenvalue weighted by Gasteiger charge is -2.43. The lowest BCUT2D eigenvalue weighted by Crippen LogP contribution is -2.64. The molecule has 176 valence electrons. The molecule has 0 aliphatic carbocycles. The van der Waals surface area contributed by atoms with Crippen LogP contribution in [0.1, 0.15) is 38.2 Å². The Hall–Kier alpha value is -3.76. The molecule has 11 nitrogen and oxygen atoms in total. The van der Waals surface area contributed by atoms with Crippen molar-refractivity contribution in [2.45, 2.75) is 51.1 Å². The second-order valence-electron chi connectivity index (χ2n) is 8.06. The van der Waals surface area contributed by atoms with Gasteiger partial charge in [0.1, 0.15) is 18.1 Å². The van der Waals surface area contributed by atoms with Crippen molar-refractivity contribution in [3.63, 3.8) is 0 Å². The smallest absolute Gasteiger partial charge is 0.344 e. The van der Waals surface area contributed by atoms with Crippen molar-refractivity contribution >= 4 is 35.8 Å². The molecule has 5 amide bonds. The number of nitrogens with one attached hydrogen (secondary N) is 2. The number of fused-ring (bicyclic) bond motifs is 1. The van der Waals surface area contributed by atoms with Gasteiger partial charge in [-0.2, -0.15) is 0 Å². The molecule has 2 heterocycles. The summed E-state index contributed by atoms with van der Waals surface area (Å²) in [6.07, 6.45) is 1.05. The Kier molecular flexibility index (Phi) is 7.75. The Labute approximate surface area is 191 Å². The molecule has 0 spiro atoms. The number of amides is 5. The molecule has 2 aliphatic heterocycles. The molecule has 2 saturated heterocycles. The third-order valence-corrected chi connectivity index (χ3v) is 5.44. The van der Waals surface area contributed by atoms with Crippen LogP contribution < -0.4 is 10.7 Å². The summed E-state index contributed by atoms with van der Waals surface area (Å²) in [6.45, 7) is 1.52. The molecule has 3 rings (SSSR count). The van der Waals surface area contributed by atoms with Gasteiger partial charge in [0.05, 0.1) is 19.0 Å². The van der Waals surface area contributed by atoms with E-state index in [-0.39, 0.29) is 50.5 Å². The van der Waals surface area contributed by atoms with Crippen molar-refractivity contribution in [2.24, 2.45) is 0 Å². The number of rotatable bonds is 8. The molecule has 0 bridgehead atoms. The normalized spacial score (nSPS) is 19.3. The Balaban J connectivity index is 1.76. The van der Waals surface area contributed by atoms with Crippen molar-refractivity contribution < 1.29 is 28.8 Å². The van der Waals surface area contributed by atoms with Gasteiger partial charge in [-0.1, -0.05) is 30.3 Å². The van der Waals surface area contributed by atoms with Crippen LogP contribution in [0, 0.1) is 0 Å². The third kappa shape index (κ3) is 5.93. The molecule has 0 radical (unpaired) electrons. The van der Waals surface area contributed by atoms with Gasteiger partial charge in [-0.15, -0.1) is 0 Å². The number of Topliss-reactive ketones (excluding diaryl/α,β-unsaturated/α-hetero) is 1. The summed E-state index contributed by atoms with van der Waals surface area (Å²) in [5.41, 5.74) is 3.30. The van der Waals surface area contributed by atoms with E-state index < -0.39 is 29.9 Å². The Bertz CT molecular complexity index is 936. The van der Waals surface area contributed by atoms with Crippen LogP contribution in [0.5, 0.6) is 0 Å². The molecule has 2 unspecified atom stereocenters. The van der Waals surface area contributed by atoms with Gasteiger partial charge in [0.25, 0.3) is 0 Å². The van der Waals surface area contributed by atoms with Gasteiger partial charge in [0.2, 0.25) is 17.7 Å². The fourth-order valence-electron chi connectivity index (χ4n) is 3.91. The van der Waals surface area contributed by atoms with Crippen LogP contribution in [0.2, 0.25) is 0 Å². The van der Waals surface area contributed by atoms with E-state index in [4.69, 9.17) is 0 Å². The molecule has 0 aromatic heterocycles. The topological polar surface area (TPSA) is 136 Å². The predicted octanol–water partition coefficient (Wildman–Crippen LogP) is -0.0432. The average molecular weight is 457 g/mol. The first kappa shape index (κ1) is 23.9. The quantitative estimate of drug-likeness (QED) is 0.526. The molecule has 2 fully saturated rings. The molecule has 1 aromatic rings. The lowest BCUT2D eigenvalue weighted by molar-refractivity contribution is -0.155. The average Bonchev–Trinajstić information content (AvgIpc) is 2.91. The molecule has 11 heteroatoms. The van der Waals surface area contributed by atoms with Crippen LogP contribution in [0.15, 0.2) is 30.3 Å². The summed E-state index contributed by atoms with van der Waals surface area (Å²) in [7, 11) is 0. The van der Waals surface area contributed by atoms with E-state index in [1.54, 1.807) is 24.3 Å². The maximum atomic E-state index is 13.3. The highest BCUT2D eigenvalue weighted by Gasteiger charge is 2.44. The standard InChI is InChI=1S/C22H27N5O6/c1-15(29)12-17(14-28)23-21(32)18-8-5-10-26-20(31)9-11-25(22(33)27(18)26)24-19(30)13-16-6-3-2-4-7-16/h2-4,6-7,14,17-18H,5,8-13H2,1H3,(H,23,32)(H,24,30). The molecule has 33 heavy (non-hydrogen) atoms. The van der Waals surface area contributed by atoms with Crippen molar-refractivity contribution in [3.8, 4) is 0 Å². The second-order valence-corrected chi connectivity index (χ2v) is 8.06. The maximum Gasteiger partial charge on any atom is 0.358 e. The first-order chi connectivity index (χ1) is 15.8. The third-order valence-electron chi connectivity index (χ3n) is 5.44. The van der Waals surface area contributed by atoms with Crippen LogP contribution in [-0.4, -0.2) is 76.0 Å². The highest BCUT2D eigenvalue weighted by Crippen LogP contribution is 2.23. The van der Waals surface area contributed by atoms with E-state index in [2.05, 4.69) is 10.7 Å². The zero-order valence-corrected chi connectivity index (χ0v) is 18.4. The molecule has 2 aliphatic rings. The number of carbonyl (C=O) groups is 6. The lowest BCUT2D eigenvalue weighted by atomic mass is 10.1. The summed E-state index contributed by atoms with van der Waals surface area (Å²) in [5, 5.41) is 5.79. The van der Waals surface area contributed by atoms with Crippen molar-refractivity contribution in [1.29, 1.82) is 0 Å². The van der Waals surface area contributed by atoms with Gasteiger partial charge < -0.3 is 10.1 Å². The molecular formula is C22H27N5O6. The fraction of sp³-hybridized carbons (Fsp3) is 0.455. The first-order valence-electron chi connectivity index (χ1n) is 10.8. The van der Waals surface area contributed by atoms with Gasteiger partial charge in [-0.25, -0.2) is 19.8 Å². The van der Waals surface area contributed by atoms with Crippen LogP contribution in [0.25, 0.3) is 0 Å². The minimum Gasteiger partial charge on any atom is -0.344 e.